The molecule has 0 atom stereocenters. The lowest BCUT2D eigenvalue weighted by Gasteiger charge is -1.91. The highest BCUT2D eigenvalue weighted by Crippen LogP contribution is 2.13. The van der Waals surface area contributed by atoms with Gasteiger partial charge in [0.15, 0.2) is 0 Å². The molecule has 0 fully saturated rings. The van der Waals surface area contributed by atoms with Gasteiger partial charge >= 0.3 is 0 Å². The minimum atomic E-state index is 0.250. The van der Waals surface area contributed by atoms with E-state index >= 15 is 0 Å². The molecule has 0 aliphatic carbocycles. The smallest absolute Gasteiger partial charge is 0.0402 e. The molecule has 0 bridgehead atoms. The molecule has 0 spiro atoms. The van der Waals surface area contributed by atoms with Gasteiger partial charge in [0.1, 0.15) is 0 Å². The van der Waals surface area contributed by atoms with E-state index in [4.69, 9.17) is 5.11 Å². The zero-order chi connectivity index (χ0) is 8.69. The van der Waals surface area contributed by atoms with Gasteiger partial charge in [-0.05, 0) is 25.5 Å². The Hall–Kier alpha value is -0.340. The molecule has 0 saturated carbocycles. The van der Waals surface area contributed by atoms with E-state index in [1.54, 1.807) is 6.92 Å². The highest BCUT2D eigenvalue weighted by Gasteiger charge is 1.86. The fourth-order valence-electron chi connectivity index (χ4n) is 0.551. The van der Waals surface area contributed by atoms with Gasteiger partial charge in [0.25, 0.3) is 0 Å². The van der Waals surface area contributed by atoms with Crippen LogP contribution in [0.25, 0.3) is 0 Å². The summed E-state index contributed by atoms with van der Waals surface area (Å²) in [5, 5.41) is 7.57. The third kappa shape index (κ3) is 4.99. The summed E-state index contributed by atoms with van der Waals surface area (Å²) in [5.41, 5.74) is 1.28. The van der Waals surface area contributed by atoms with Crippen molar-refractivity contribution in [2.24, 2.45) is 0 Å². The molecule has 1 aromatic carbocycles. The summed E-state index contributed by atoms with van der Waals surface area (Å²) in [4.78, 5) is 0. The van der Waals surface area contributed by atoms with E-state index in [0.29, 0.717) is 0 Å². The lowest BCUT2D eigenvalue weighted by Crippen LogP contribution is -1.69. The summed E-state index contributed by atoms with van der Waals surface area (Å²) in [7, 11) is 0. The Labute approximate surface area is 76.2 Å². The summed E-state index contributed by atoms with van der Waals surface area (Å²) in [6.07, 6.45) is 0. The van der Waals surface area contributed by atoms with Crippen molar-refractivity contribution in [2.45, 2.75) is 13.8 Å². The SMILES string of the molecule is CCO.Cc1ccccc1Br. The molecule has 1 aromatic rings. The van der Waals surface area contributed by atoms with Gasteiger partial charge in [-0.15, -0.1) is 0 Å². The molecular formula is C9H13BrO. The summed E-state index contributed by atoms with van der Waals surface area (Å²) < 4.78 is 1.18. The van der Waals surface area contributed by atoms with E-state index in [0.717, 1.165) is 0 Å². The number of hydrogen-bond acceptors (Lipinski definition) is 1. The van der Waals surface area contributed by atoms with Gasteiger partial charge < -0.3 is 5.11 Å². The minimum Gasteiger partial charge on any atom is -0.397 e. The zero-order valence-corrected chi connectivity index (χ0v) is 8.43. The Kier molecular flexibility index (Phi) is 6.18. The van der Waals surface area contributed by atoms with E-state index < -0.39 is 0 Å². The molecule has 0 radical (unpaired) electrons. The highest BCUT2D eigenvalue weighted by atomic mass is 79.9. The fraction of sp³-hybridized carbons (Fsp3) is 0.333. The Morgan fingerprint density at radius 3 is 2.09 bits per heavy atom. The average molecular weight is 217 g/mol. The van der Waals surface area contributed by atoms with Crippen LogP contribution >= 0.6 is 15.9 Å². The lowest BCUT2D eigenvalue weighted by atomic mass is 10.2. The van der Waals surface area contributed by atoms with Gasteiger partial charge in [0.05, 0.1) is 0 Å². The van der Waals surface area contributed by atoms with Crippen LogP contribution in [0.1, 0.15) is 12.5 Å². The van der Waals surface area contributed by atoms with Crippen LogP contribution in [0, 0.1) is 6.92 Å². The highest BCUT2D eigenvalue weighted by molar-refractivity contribution is 9.10. The molecule has 0 aliphatic rings. The van der Waals surface area contributed by atoms with Crippen LogP contribution < -0.4 is 0 Å². The second-order valence-corrected chi connectivity index (χ2v) is 2.92. The Morgan fingerprint density at radius 1 is 1.36 bits per heavy atom. The van der Waals surface area contributed by atoms with E-state index in [1.807, 2.05) is 18.2 Å². The molecule has 11 heavy (non-hydrogen) atoms. The molecule has 1 nitrogen and oxygen atoms in total. The average Bonchev–Trinajstić information content (AvgIpc) is 1.97. The zero-order valence-electron chi connectivity index (χ0n) is 6.84. The molecule has 2 heteroatoms. The number of hydrogen-bond donors (Lipinski definition) is 1. The molecule has 0 heterocycles. The monoisotopic (exact) mass is 216 g/mol. The largest absolute Gasteiger partial charge is 0.397 e. The van der Waals surface area contributed by atoms with Crippen molar-refractivity contribution < 1.29 is 5.11 Å². The molecule has 1 rings (SSSR count). The molecule has 0 saturated heterocycles. The molecular weight excluding hydrogens is 204 g/mol. The van der Waals surface area contributed by atoms with Crippen molar-refractivity contribution in [2.75, 3.05) is 6.61 Å². The van der Waals surface area contributed by atoms with Gasteiger partial charge in [-0.1, -0.05) is 34.1 Å². The molecule has 0 amide bonds. The maximum Gasteiger partial charge on any atom is 0.0402 e. The summed E-state index contributed by atoms with van der Waals surface area (Å²) in [6.45, 7) is 4.00. The Morgan fingerprint density at radius 2 is 1.82 bits per heavy atom. The van der Waals surface area contributed by atoms with Crippen LogP contribution in [-0.4, -0.2) is 11.7 Å². The minimum absolute atomic E-state index is 0.250. The normalized spacial score (nSPS) is 8.36. The van der Waals surface area contributed by atoms with Crippen LogP contribution in [0.4, 0.5) is 0 Å². The third-order valence-electron chi connectivity index (χ3n) is 1.08. The molecule has 0 aliphatic heterocycles. The number of aliphatic hydroxyl groups is 1. The first-order chi connectivity index (χ1) is 5.22. The maximum absolute atomic E-state index is 7.57. The van der Waals surface area contributed by atoms with Gasteiger partial charge in [-0.3, -0.25) is 0 Å². The van der Waals surface area contributed by atoms with Crippen molar-refractivity contribution in [3.05, 3.63) is 34.3 Å². The van der Waals surface area contributed by atoms with Crippen LogP contribution in [0.3, 0.4) is 0 Å². The molecule has 0 unspecified atom stereocenters. The summed E-state index contributed by atoms with van der Waals surface area (Å²) in [6, 6.07) is 8.15. The van der Waals surface area contributed by atoms with Crippen LogP contribution in [0.5, 0.6) is 0 Å². The van der Waals surface area contributed by atoms with Crippen LogP contribution in [-0.2, 0) is 0 Å². The number of aryl methyl sites for hydroxylation is 1. The predicted molar refractivity (Wildman–Crippen MR) is 51.6 cm³/mol. The van der Waals surface area contributed by atoms with Gasteiger partial charge in [0.2, 0.25) is 0 Å². The van der Waals surface area contributed by atoms with Gasteiger partial charge in [-0.25, -0.2) is 0 Å². The number of rotatable bonds is 0. The van der Waals surface area contributed by atoms with Gasteiger partial charge in [-0.2, -0.15) is 0 Å². The second kappa shape index (κ2) is 6.38. The number of halogens is 1. The first-order valence-electron chi connectivity index (χ1n) is 3.54. The molecule has 62 valence electrons. The maximum atomic E-state index is 7.57. The second-order valence-electron chi connectivity index (χ2n) is 2.07. The lowest BCUT2D eigenvalue weighted by molar-refractivity contribution is 0.318. The van der Waals surface area contributed by atoms with Crippen molar-refractivity contribution in [3.63, 3.8) is 0 Å². The van der Waals surface area contributed by atoms with Crippen molar-refractivity contribution in [3.8, 4) is 0 Å². The Bertz CT molecular complexity index is 178. The fourth-order valence-corrected chi connectivity index (χ4v) is 0.836. The first-order valence-corrected chi connectivity index (χ1v) is 4.33. The number of aliphatic hydroxyl groups excluding tert-OH is 1. The van der Waals surface area contributed by atoms with E-state index in [1.165, 1.54) is 10.0 Å². The predicted octanol–water partition coefficient (Wildman–Crippen LogP) is 2.76. The van der Waals surface area contributed by atoms with Gasteiger partial charge in [0, 0.05) is 11.1 Å². The van der Waals surface area contributed by atoms with E-state index in [2.05, 4.69) is 28.9 Å². The van der Waals surface area contributed by atoms with Crippen molar-refractivity contribution in [1.82, 2.24) is 0 Å². The van der Waals surface area contributed by atoms with Crippen molar-refractivity contribution >= 4 is 15.9 Å². The standard InChI is InChI=1S/C7H7Br.C2H6O/c1-6-4-2-3-5-7(6)8;1-2-3/h2-5H,1H3;3H,2H2,1H3. The first kappa shape index (κ1) is 10.7. The van der Waals surface area contributed by atoms with Crippen molar-refractivity contribution in [1.29, 1.82) is 0 Å². The topological polar surface area (TPSA) is 20.2 Å². The van der Waals surface area contributed by atoms with E-state index in [9.17, 15) is 0 Å². The van der Waals surface area contributed by atoms with Crippen LogP contribution in [0.2, 0.25) is 0 Å². The number of benzene rings is 1. The molecule has 1 N–H and O–H groups in total. The third-order valence-corrected chi connectivity index (χ3v) is 1.97. The summed E-state index contributed by atoms with van der Waals surface area (Å²) >= 11 is 3.40. The molecule has 0 aromatic heterocycles. The summed E-state index contributed by atoms with van der Waals surface area (Å²) in [5.74, 6) is 0. The quantitative estimate of drug-likeness (QED) is 0.708. The van der Waals surface area contributed by atoms with E-state index in [-0.39, 0.29) is 6.61 Å². The Balaban J connectivity index is 0.000000292. The van der Waals surface area contributed by atoms with Crippen LogP contribution in [0.15, 0.2) is 28.7 Å².